The second-order valence-electron chi connectivity index (χ2n) is 3.61. The van der Waals surface area contributed by atoms with Gasteiger partial charge in [0.25, 0.3) is 0 Å². The predicted molar refractivity (Wildman–Crippen MR) is 71.6 cm³/mol. The smallest absolute Gasteiger partial charge is 0.223 e. The number of benzene rings is 1. The third kappa shape index (κ3) is 3.23. The van der Waals surface area contributed by atoms with Crippen LogP contribution < -0.4 is 5.32 Å². The van der Waals surface area contributed by atoms with Gasteiger partial charge >= 0.3 is 0 Å². The van der Waals surface area contributed by atoms with E-state index in [9.17, 15) is 4.21 Å². The summed E-state index contributed by atoms with van der Waals surface area (Å²) in [5.74, 6) is 1.92. The van der Waals surface area contributed by atoms with Gasteiger partial charge in [-0.15, -0.1) is 0 Å². The van der Waals surface area contributed by atoms with Crippen molar-refractivity contribution in [2.75, 3.05) is 23.4 Å². The minimum Gasteiger partial charge on any atom is -0.353 e. The average molecular weight is 249 g/mol. The van der Waals surface area contributed by atoms with Gasteiger partial charge in [-0.05, 0) is 6.07 Å². The van der Waals surface area contributed by atoms with Crippen molar-refractivity contribution >= 4 is 27.7 Å². The van der Waals surface area contributed by atoms with Crippen molar-refractivity contribution in [3.63, 3.8) is 0 Å². The molecule has 1 heterocycles. The molecular formula is C12H15N3OS. The van der Waals surface area contributed by atoms with E-state index >= 15 is 0 Å². The van der Waals surface area contributed by atoms with Crippen LogP contribution in [-0.2, 0) is 10.8 Å². The SMILES string of the molecule is CCS(=O)CCNc1ncc2ccccc2n1. The molecule has 0 aliphatic carbocycles. The van der Waals surface area contributed by atoms with Crippen LogP contribution in [0.15, 0.2) is 30.5 Å². The molecule has 2 rings (SSSR count). The lowest BCUT2D eigenvalue weighted by Gasteiger charge is -2.04. The Morgan fingerprint density at radius 2 is 2.18 bits per heavy atom. The van der Waals surface area contributed by atoms with Gasteiger partial charge in [0.1, 0.15) is 0 Å². The molecule has 90 valence electrons. The summed E-state index contributed by atoms with van der Waals surface area (Å²) >= 11 is 0. The zero-order valence-corrected chi connectivity index (χ0v) is 10.5. The van der Waals surface area contributed by atoms with Crippen LogP contribution in [0.4, 0.5) is 5.95 Å². The summed E-state index contributed by atoms with van der Waals surface area (Å²) in [4.78, 5) is 8.59. The number of anilines is 1. The second-order valence-corrected chi connectivity index (χ2v) is 5.48. The Morgan fingerprint density at radius 3 is 3.00 bits per heavy atom. The summed E-state index contributed by atoms with van der Waals surface area (Å²) in [6, 6.07) is 7.84. The van der Waals surface area contributed by atoms with Crippen LogP contribution in [-0.4, -0.2) is 32.2 Å². The predicted octanol–water partition coefficient (Wildman–Crippen LogP) is 1.81. The van der Waals surface area contributed by atoms with Crippen molar-refractivity contribution in [1.29, 1.82) is 0 Å². The van der Waals surface area contributed by atoms with E-state index in [-0.39, 0.29) is 0 Å². The molecule has 0 bridgehead atoms. The summed E-state index contributed by atoms with van der Waals surface area (Å²) in [5, 5.41) is 4.11. The average Bonchev–Trinajstić information content (AvgIpc) is 2.38. The Bertz CT molecular complexity index is 530. The molecule has 1 N–H and O–H groups in total. The number of rotatable bonds is 5. The topological polar surface area (TPSA) is 54.9 Å². The largest absolute Gasteiger partial charge is 0.353 e. The van der Waals surface area contributed by atoms with E-state index in [1.165, 1.54) is 0 Å². The highest BCUT2D eigenvalue weighted by atomic mass is 32.2. The lowest BCUT2D eigenvalue weighted by molar-refractivity contribution is 0.684. The number of aromatic nitrogens is 2. The summed E-state index contributed by atoms with van der Waals surface area (Å²) < 4.78 is 11.2. The molecule has 0 aliphatic rings. The fourth-order valence-corrected chi connectivity index (χ4v) is 2.10. The van der Waals surface area contributed by atoms with Gasteiger partial charge in [0, 0.05) is 40.4 Å². The van der Waals surface area contributed by atoms with Crippen molar-refractivity contribution in [1.82, 2.24) is 9.97 Å². The van der Waals surface area contributed by atoms with Crippen LogP contribution in [0.2, 0.25) is 0 Å². The second kappa shape index (κ2) is 5.72. The first-order valence-electron chi connectivity index (χ1n) is 5.60. The number of hydrogen-bond donors (Lipinski definition) is 1. The lowest BCUT2D eigenvalue weighted by Crippen LogP contribution is -2.13. The molecule has 0 aliphatic heterocycles. The molecule has 1 atom stereocenters. The van der Waals surface area contributed by atoms with Gasteiger partial charge in [-0.3, -0.25) is 4.21 Å². The molecule has 1 aromatic heterocycles. The Kier molecular flexibility index (Phi) is 4.03. The summed E-state index contributed by atoms with van der Waals surface area (Å²) in [5.41, 5.74) is 0.918. The van der Waals surface area contributed by atoms with Crippen LogP contribution in [0.25, 0.3) is 10.9 Å². The Morgan fingerprint density at radius 1 is 1.35 bits per heavy atom. The number of nitrogens with one attached hydrogen (secondary N) is 1. The standard InChI is InChI=1S/C12H15N3OS/c1-2-17(16)8-7-13-12-14-9-10-5-3-4-6-11(10)15-12/h3-6,9H,2,7-8H2,1H3,(H,13,14,15). The molecule has 17 heavy (non-hydrogen) atoms. The quantitative estimate of drug-likeness (QED) is 0.878. The van der Waals surface area contributed by atoms with E-state index in [0.717, 1.165) is 10.9 Å². The van der Waals surface area contributed by atoms with Gasteiger partial charge < -0.3 is 5.32 Å². The summed E-state index contributed by atoms with van der Waals surface area (Å²) in [7, 11) is -0.746. The van der Waals surface area contributed by atoms with Crippen LogP contribution in [0.1, 0.15) is 6.92 Å². The number of para-hydroxylation sites is 1. The Balaban J connectivity index is 2.02. The molecule has 2 aromatic rings. The summed E-state index contributed by atoms with van der Waals surface area (Å²) in [6.45, 7) is 2.56. The molecule has 0 fully saturated rings. The maximum Gasteiger partial charge on any atom is 0.223 e. The molecule has 0 saturated carbocycles. The fourth-order valence-electron chi connectivity index (χ4n) is 1.48. The van der Waals surface area contributed by atoms with Crippen molar-refractivity contribution in [2.24, 2.45) is 0 Å². The molecule has 4 nitrogen and oxygen atoms in total. The lowest BCUT2D eigenvalue weighted by atomic mass is 10.2. The number of fused-ring (bicyclic) bond motifs is 1. The van der Waals surface area contributed by atoms with E-state index < -0.39 is 10.8 Å². The third-order valence-corrected chi connectivity index (χ3v) is 3.73. The minimum atomic E-state index is -0.746. The van der Waals surface area contributed by atoms with Gasteiger partial charge in [0.15, 0.2) is 0 Å². The minimum absolute atomic E-state index is 0.594. The number of hydrogen-bond acceptors (Lipinski definition) is 4. The first kappa shape index (κ1) is 12.0. The van der Waals surface area contributed by atoms with E-state index in [4.69, 9.17) is 0 Å². The molecule has 1 aromatic carbocycles. The highest BCUT2D eigenvalue weighted by Gasteiger charge is 2.00. The highest BCUT2D eigenvalue weighted by molar-refractivity contribution is 7.84. The van der Waals surface area contributed by atoms with Gasteiger partial charge in [0.2, 0.25) is 5.95 Å². The molecule has 5 heteroatoms. The monoisotopic (exact) mass is 249 g/mol. The van der Waals surface area contributed by atoms with Gasteiger partial charge in [-0.2, -0.15) is 0 Å². The van der Waals surface area contributed by atoms with E-state index in [1.807, 2.05) is 31.2 Å². The van der Waals surface area contributed by atoms with Gasteiger partial charge in [-0.25, -0.2) is 9.97 Å². The van der Waals surface area contributed by atoms with E-state index in [2.05, 4.69) is 15.3 Å². The van der Waals surface area contributed by atoms with Crippen LogP contribution in [0.3, 0.4) is 0 Å². The molecular weight excluding hydrogens is 234 g/mol. The molecule has 0 amide bonds. The van der Waals surface area contributed by atoms with E-state index in [0.29, 0.717) is 24.0 Å². The highest BCUT2D eigenvalue weighted by Crippen LogP contribution is 2.11. The molecule has 0 saturated heterocycles. The van der Waals surface area contributed by atoms with Crippen LogP contribution >= 0.6 is 0 Å². The van der Waals surface area contributed by atoms with Crippen LogP contribution in [0, 0.1) is 0 Å². The maximum atomic E-state index is 11.2. The van der Waals surface area contributed by atoms with E-state index in [1.54, 1.807) is 6.20 Å². The molecule has 1 unspecified atom stereocenters. The Hall–Kier alpha value is -1.49. The third-order valence-electron chi connectivity index (χ3n) is 2.42. The fraction of sp³-hybridized carbons (Fsp3) is 0.333. The Labute approximate surface area is 103 Å². The van der Waals surface area contributed by atoms with Crippen LogP contribution in [0.5, 0.6) is 0 Å². The zero-order chi connectivity index (χ0) is 12.1. The van der Waals surface area contributed by atoms with Crippen molar-refractivity contribution in [3.8, 4) is 0 Å². The first-order chi connectivity index (χ1) is 8.29. The normalized spacial score (nSPS) is 12.5. The molecule has 0 spiro atoms. The molecule has 0 radical (unpaired) electrons. The first-order valence-corrected chi connectivity index (χ1v) is 7.09. The maximum absolute atomic E-state index is 11.2. The van der Waals surface area contributed by atoms with Crippen molar-refractivity contribution < 1.29 is 4.21 Å². The van der Waals surface area contributed by atoms with Crippen molar-refractivity contribution in [2.45, 2.75) is 6.92 Å². The number of nitrogens with zero attached hydrogens (tertiary/aromatic N) is 2. The van der Waals surface area contributed by atoms with Gasteiger partial charge in [-0.1, -0.05) is 25.1 Å². The van der Waals surface area contributed by atoms with Crippen molar-refractivity contribution in [3.05, 3.63) is 30.5 Å². The zero-order valence-electron chi connectivity index (χ0n) is 9.72. The summed E-state index contributed by atoms with van der Waals surface area (Å²) in [6.07, 6.45) is 1.79. The van der Waals surface area contributed by atoms with Gasteiger partial charge in [0.05, 0.1) is 5.52 Å².